The van der Waals surface area contributed by atoms with E-state index in [1.807, 2.05) is 67.7 Å². The molecule has 1 unspecified atom stereocenters. The first kappa shape index (κ1) is 22.0. The summed E-state index contributed by atoms with van der Waals surface area (Å²) in [5, 5.41) is 6.76. The normalized spacial score (nSPS) is 15.3. The molecule has 1 saturated heterocycles. The monoisotopic (exact) mass is 428 g/mol. The Morgan fingerprint density at radius 1 is 1.00 bits per heavy atom. The third-order valence-electron chi connectivity index (χ3n) is 6.18. The predicted molar refractivity (Wildman–Crippen MR) is 130 cm³/mol. The zero-order valence-corrected chi connectivity index (χ0v) is 18.7. The standard InChI is InChI=1S/C27H32N4O/c1-21(22-7-3-2-4-8-22)30-27(32)23-10-12-26(13-11-23)31-19-15-25(16-20-31)29-18-14-24-9-5-6-17-28-24/h2-13,17,21,25,29H,14-16,18-20H2,1H3,(H,30,32). The summed E-state index contributed by atoms with van der Waals surface area (Å²) in [5.74, 6) is -0.0382. The lowest BCUT2D eigenvalue weighted by Gasteiger charge is -2.34. The molecule has 1 aromatic heterocycles. The van der Waals surface area contributed by atoms with Gasteiger partial charge in [0.1, 0.15) is 0 Å². The minimum absolute atomic E-state index is 0.0208. The van der Waals surface area contributed by atoms with Crippen molar-refractivity contribution < 1.29 is 4.79 Å². The highest BCUT2D eigenvalue weighted by molar-refractivity contribution is 5.94. The number of anilines is 1. The SMILES string of the molecule is CC(NC(=O)c1ccc(N2CCC(NCCc3ccccn3)CC2)cc1)c1ccccc1. The Hall–Kier alpha value is -3.18. The molecule has 3 aromatic rings. The van der Waals surface area contributed by atoms with E-state index in [9.17, 15) is 4.79 Å². The number of aromatic nitrogens is 1. The van der Waals surface area contributed by atoms with Crippen molar-refractivity contribution in [2.24, 2.45) is 0 Å². The van der Waals surface area contributed by atoms with Crippen LogP contribution in [0, 0.1) is 0 Å². The molecule has 2 heterocycles. The summed E-state index contributed by atoms with van der Waals surface area (Å²) in [6, 6.07) is 24.6. The minimum Gasteiger partial charge on any atom is -0.371 e. The van der Waals surface area contributed by atoms with E-state index in [1.165, 1.54) is 5.69 Å². The van der Waals surface area contributed by atoms with Crippen molar-refractivity contribution in [1.82, 2.24) is 15.6 Å². The highest BCUT2D eigenvalue weighted by atomic mass is 16.1. The van der Waals surface area contributed by atoms with Gasteiger partial charge in [0.05, 0.1) is 6.04 Å². The first-order valence-corrected chi connectivity index (χ1v) is 11.5. The molecule has 0 saturated carbocycles. The summed E-state index contributed by atoms with van der Waals surface area (Å²) < 4.78 is 0. The van der Waals surface area contributed by atoms with E-state index in [4.69, 9.17) is 0 Å². The molecule has 0 spiro atoms. The van der Waals surface area contributed by atoms with Crippen LogP contribution in [0.2, 0.25) is 0 Å². The number of hydrogen-bond acceptors (Lipinski definition) is 4. The highest BCUT2D eigenvalue weighted by Gasteiger charge is 2.19. The zero-order valence-electron chi connectivity index (χ0n) is 18.7. The third kappa shape index (κ3) is 5.95. The van der Waals surface area contributed by atoms with E-state index >= 15 is 0 Å². The largest absolute Gasteiger partial charge is 0.371 e. The van der Waals surface area contributed by atoms with Crippen LogP contribution < -0.4 is 15.5 Å². The molecular weight excluding hydrogens is 396 g/mol. The van der Waals surface area contributed by atoms with Gasteiger partial charge in [-0.15, -0.1) is 0 Å². The average molecular weight is 429 g/mol. The van der Waals surface area contributed by atoms with Crippen LogP contribution in [0.1, 0.15) is 47.4 Å². The van der Waals surface area contributed by atoms with Gasteiger partial charge < -0.3 is 15.5 Å². The van der Waals surface area contributed by atoms with E-state index in [1.54, 1.807) is 0 Å². The van der Waals surface area contributed by atoms with Crippen LogP contribution in [-0.2, 0) is 6.42 Å². The first-order chi connectivity index (χ1) is 15.7. The van der Waals surface area contributed by atoms with Gasteiger partial charge in [0.25, 0.3) is 5.91 Å². The van der Waals surface area contributed by atoms with Crippen molar-refractivity contribution in [3.05, 3.63) is 95.8 Å². The second-order valence-corrected chi connectivity index (χ2v) is 8.44. The molecule has 1 amide bonds. The zero-order chi connectivity index (χ0) is 22.2. The summed E-state index contributed by atoms with van der Waals surface area (Å²) >= 11 is 0. The summed E-state index contributed by atoms with van der Waals surface area (Å²) in [7, 11) is 0. The van der Waals surface area contributed by atoms with E-state index in [0.717, 1.165) is 50.2 Å². The van der Waals surface area contributed by atoms with Crippen LogP contribution in [0.5, 0.6) is 0 Å². The number of hydrogen-bond donors (Lipinski definition) is 2. The molecule has 32 heavy (non-hydrogen) atoms. The lowest BCUT2D eigenvalue weighted by atomic mass is 10.0. The van der Waals surface area contributed by atoms with E-state index in [2.05, 4.69) is 38.7 Å². The quantitative estimate of drug-likeness (QED) is 0.559. The van der Waals surface area contributed by atoms with Gasteiger partial charge in [-0.05, 0) is 61.7 Å². The molecule has 0 radical (unpaired) electrons. The number of amides is 1. The van der Waals surface area contributed by atoms with Crippen molar-refractivity contribution in [3.8, 4) is 0 Å². The average Bonchev–Trinajstić information content (AvgIpc) is 2.86. The lowest BCUT2D eigenvalue weighted by Crippen LogP contribution is -2.43. The molecule has 1 aliphatic heterocycles. The molecule has 2 N–H and O–H groups in total. The molecule has 4 rings (SSSR count). The topological polar surface area (TPSA) is 57.3 Å². The predicted octanol–water partition coefficient (Wildman–Crippen LogP) is 4.37. The molecule has 1 fully saturated rings. The number of nitrogens with one attached hydrogen (secondary N) is 2. The van der Waals surface area contributed by atoms with Gasteiger partial charge in [0, 0.05) is 55.2 Å². The fourth-order valence-corrected chi connectivity index (χ4v) is 4.22. The number of carbonyl (C=O) groups excluding carboxylic acids is 1. The Bertz CT molecular complexity index is 968. The summed E-state index contributed by atoms with van der Waals surface area (Å²) in [6.07, 6.45) is 5.07. The second-order valence-electron chi connectivity index (χ2n) is 8.44. The van der Waals surface area contributed by atoms with Crippen LogP contribution in [0.15, 0.2) is 79.0 Å². The number of piperidine rings is 1. The second kappa shape index (κ2) is 10.9. The Morgan fingerprint density at radius 2 is 1.72 bits per heavy atom. The number of carbonyl (C=O) groups is 1. The summed E-state index contributed by atoms with van der Waals surface area (Å²) in [6.45, 7) is 5.03. The maximum absolute atomic E-state index is 12.6. The van der Waals surface area contributed by atoms with Crippen molar-refractivity contribution >= 4 is 11.6 Å². The van der Waals surface area contributed by atoms with E-state index in [0.29, 0.717) is 11.6 Å². The van der Waals surface area contributed by atoms with Gasteiger partial charge in [-0.25, -0.2) is 0 Å². The van der Waals surface area contributed by atoms with Crippen molar-refractivity contribution in [3.63, 3.8) is 0 Å². The molecule has 2 aromatic carbocycles. The van der Waals surface area contributed by atoms with E-state index in [-0.39, 0.29) is 11.9 Å². The van der Waals surface area contributed by atoms with Gasteiger partial charge in [-0.3, -0.25) is 9.78 Å². The minimum atomic E-state index is -0.0382. The van der Waals surface area contributed by atoms with Crippen LogP contribution in [0.4, 0.5) is 5.69 Å². The molecule has 1 atom stereocenters. The number of benzene rings is 2. The molecule has 5 nitrogen and oxygen atoms in total. The molecule has 0 aliphatic carbocycles. The maximum atomic E-state index is 12.6. The number of nitrogens with zero attached hydrogens (tertiary/aromatic N) is 2. The Balaban J connectivity index is 1.22. The van der Waals surface area contributed by atoms with Gasteiger partial charge in [-0.1, -0.05) is 36.4 Å². The molecule has 5 heteroatoms. The van der Waals surface area contributed by atoms with Gasteiger partial charge in [0.15, 0.2) is 0 Å². The van der Waals surface area contributed by atoms with E-state index < -0.39 is 0 Å². The van der Waals surface area contributed by atoms with Crippen molar-refractivity contribution in [1.29, 1.82) is 0 Å². The van der Waals surface area contributed by atoms with Crippen LogP contribution in [0.25, 0.3) is 0 Å². The third-order valence-corrected chi connectivity index (χ3v) is 6.18. The molecular formula is C27H32N4O. The lowest BCUT2D eigenvalue weighted by molar-refractivity contribution is 0.0940. The first-order valence-electron chi connectivity index (χ1n) is 11.5. The van der Waals surface area contributed by atoms with Gasteiger partial charge in [-0.2, -0.15) is 0 Å². The fraction of sp³-hybridized carbons (Fsp3) is 0.333. The van der Waals surface area contributed by atoms with Crippen LogP contribution >= 0.6 is 0 Å². The van der Waals surface area contributed by atoms with Crippen LogP contribution in [0.3, 0.4) is 0 Å². The van der Waals surface area contributed by atoms with Gasteiger partial charge >= 0.3 is 0 Å². The Morgan fingerprint density at radius 3 is 2.41 bits per heavy atom. The van der Waals surface area contributed by atoms with Gasteiger partial charge in [0.2, 0.25) is 0 Å². The molecule has 166 valence electrons. The van der Waals surface area contributed by atoms with Crippen molar-refractivity contribution in [2.75, 3.05) is 24.5 Å². The number of rotatable bonds is 8. The Kier molecular flexibility index (Phi) is 7.51. The van der Waals surface area contributed by atoms with Crippen molar-refractivity contribution in [2.45, 2.75) is 38.3 Å². The number of pyridine rings is 1. The highest BCUT2D eigenvalue weighted by Crippen LogP contribution is 2.21. The Labute approximate surface area is 190 Å². The molecule has 0 bridgehead atoms. The summed E-state index contributed by atoms with van der Waals surface area (Å²) in [5.41, 5.74) is 4.13. The smallest absolute Gasteiger partial charge is 0.251 e. The summed E-state index contributed by atoms with van der Waals surface area (Å²) in [4.78, 5) is 19.4. The maximum Gasteiger partial charge on any atom is 0.251 e. The molecule has 1 aliphatic rings. The van der Waals surface area contributed by atoms with Crippen LogP contribution in [-0.4, -0.2) is 36.6 Å². The fourth-order valence-electron chi connectivity index (χ4n) is 4.22.